The van der Waals surface area contributed by atoms with Crippen LogP contribution in [-0.2, 0) is 11.3 Å². The fourth-order valence-corrected chi connectivity index (χ4v) is 2.03. The van der Waals surface area contributed by atoms with Crippen molar-refractivity contribution in [1.82, 2.24) is 10.2 Å². The first-order valence-corrected chi connectivity index (χ1v) is 5.86. The van der Waals surface area contributed by atoms with E-state index in [9.17, 15) is 4.79 Å². The number of furan rings is 1. The van der Waals surface area contributed by atoms with Gasteiger partial charge in [0.15, 0.2) is 0 Å². The lowest BCUT2D eigenvalue weighted by Gasteiger charge is -2.35. The molecule has 1 aromatic heterocycles. The van der Waals surface area contributed by atoms with E-state index in [2.05, 4.69) is 5.32 Å². The van der Waals surface area contributed by atoms with Gasteiger partial charge in [-0.25, -0.2) is 4.79 Å². The van der Waals surface area contributed by atoms with E-state index in [0.29, 0.717) is 19.6 Å². The molecule has 0 radical (unpaired) electrons. The third kappa shape index (κ3) is 3.23. The number of hydrogen-bond acceptors (Lipinski definition) is 3. The maximum absolute atomic E-state index is 11.9. The van der Waals surface area contributed by atoms with Crippen molar-refractivity contribution in [3.8, 4) is 0 Å². The number of morpholine rings is 1. The summed E-state index contributed by atoms with van der Waals surface area (Å²) >= 11 is 0. The Bertz CT molecular complexity index is 354. The summed E-state index contributed by atoms with van der Waals surface area (Å²) in [5.41, 5.74) is 0. The minimum Gasteiger partial charge on any atom is -0.467 e. The van der Waals surface area contributed by atoms with E-state index in [1.807, 2.05) is 19.9 Å². The predicted octanol–water partition coefficient (Wildman–Crippen LogP) is 1.60. The number of nitrogens with zero attached hydrogens (tertiary/aromatic N) is 1. The Kier molecular flexibility index (Phi) is 3.68. The number of carbonyl (C=O) groups excluding carboxylic acids is 1. The van der Waals surface area contributed by atoms with Crippen LogP contribution in [0.2, 0.25) is 0 Å². The first-order valence-electron chi connectivity index (χ1n) is 5.86. The van der Waals surface area contributed by atoms with Crippen molar-refractivity contribution in [1.29, 1.82) is 0 Å². The number of hydrogen-bond donors (Lipinski definition) is 1. The molecule has 0 saturated carbocycles. The van der Waals surface area contributed by atoms with Crippen molar-refractivity contribution in [3.63, 3.8) is 0 Å². The maximum atomic E-state index is 11.9. The molecule has 1 saturated heterocycles. The van der Waals surface area contributed by atoms with Crippen LogP contribution >= 0.6 is 0 Å². The van der Waals surface area contributed by atoms with E-state index in [1.165, 1.54) is 0 Å². The van der Waals surface area contributed by atoms with Gasteiger partial charge in [0.25, 0.3) is 0 Å². The van der Waals surface area contributed by atoms with Crippen LogP contribution in [0.25, 0.3) is 0 Å². The molecule has 0 aliphatic carbocycles. The molecule has 2 amide bonds. The van der Waals surface area contributed by atoms with Crippen LogP contribution in [0.4, 0.5) is 4.79 Å². The Morgan fingerprint density at radius 1 is 1.47 bits per heavy atom. The number of urea groups is 1. The van der Waals surface area contributed by atoms with Crippen molar-refractivity contribution >= 4 is 6.03 Å². The maximum Gasteiger partial charge on any atom is 0.317 e. The van der Waals surface area contributed by atoms with E-state index >= 15 is 0 Å². The highest BCUT2D eigenvalue weighted by molar-refractivity contribution is 5.74. The van der Waals surface area contributed by atoms with Crippen LogP contribution in [0.15, 0.2) is 22.8 Å². The third-order valence-electron chi connectivity index (χ3n) is 2.70. The minimum atomic E-state index is -0.0663. The van der Waals surface area contributed by atoms with Gasteiger partial charge in [0.1, 0.15) is 5.76 Å². The Hall–Kier alpha value is -1.49. The van der Waals surface area contributed by atoms with Crippen molar-refractivity contribution in [3.05, 3.63) is 24.2 Å². The van der Waals surface area contributed by atoms with Crippen LogP contribution in [0.3, 0.4) is 0 Å². The van der Waals surface area contributed by atoms with Gasteiger partial charge in [-0.05, 0) is 26.0 Å². The Labute approximate surface area is 101 Å². The largest absolute Gasteiger partial charge is 0.467 e. The Morgan fingerprint density at radius 2 is 2.18 bits per heavy atom. The van der Waals surface area contributed by atoms with E-state index in [4.69, 9.17) is 9.15 Å². The van der Waals surface area contributed by atoms with Gasteiger partial charge in [-0.3, -0.25) is 0 Å². The van der Waals surface area contributed by atoms with Gasteiger partial charge in [-0.1, -0.05) is 0 Å². The molecule has 17 heavy (non-hydrogen) atoms. The van der Waals surface area contributed by atoms with E-state index in [-0.39, 0.29) is 18.2 Å². The van der Waals surface area contributed by atoms with E-state index < -0.39 is 0 Å². The van der Waals surface area contributed by atoms with Gasteiger partial charge in [-0.15, -0.1) is 0 Å². The molecular weight excluding hydrogens is 220 g/mol. The van der Waals surface area contributed by atoms with Crippen LogP contribution in [0, 0.1) is 0 Å². The van der Waals surface area contributed by atoms with Crippen LogP contribution < -0.4 is 5.32 Å². The zero-order chi connectivity index (χ0) is 12.3. The molecule has 0 aromatic carbocycles. The smallest absolute Gasteiger partial charge is 0.317 e. The molecule has 1 aliphatic heterocycles. The minimum absolute atomic E-state index is 0.0663. The molecule has 1 N–H and O–H groups in total. The SMILES string of the molecule is CC1CN(C(=O)NCc2ccco2)CC(C)O1. The molecule has 1 aliphatic rings. The van der Waals surface area contributed by atoms with Crippen LogP contribution in [0.5, 0.6) is 0 Å². The first kappa shape index (κ1) is 12.0. The lowest BCUT2D eigenvalue weighted by atomic mass is 10.2. The van der Waals surface area contributed by atoms with Crippen molar-refractivity contribution in [2.75, 3.05) is 13.1 Å². The Morgan fingerprint density at radius 3 is 2.76 bits per heavy atom. The number of rotatable bonds is 2. The summed E-state index contributed by atoms with van der Waals surface area (Å²) in [6, 6.07) is 3.58. The predicted molar refractivity (Wildman–Crippen MR) is 62.5 cm³/mol. The van der Waals surface area contributed by atoms with Crippen molar-refractivity contribution in [2.45, 2.75) is 32.6 Å². The lowest BCUT2D eigenvalue weighted by Crippen LogP contribution is -2.51. The van der Waals surface area contributed by atoms with Gasteiger partial charge >= 0.3 is 6.03 Å². The zero-order valence-corrected chi connectivity index (χ0v) is 10.2. The molecule has 5 heteroatoms. The Balaban J connectivity index is 1.83. The van der Waals surface area contributed by atoms with E-state index in [1.54, 1.807) is 17.2 Å². The molecule has 0 bridgehead atoms. The standard InChI is InChI=1S/C12H18N2O3/c1-9-7-14(8-10(2)17-9)12(15)13-6-11-4-3-5-16-11/h3-5,9-10H,6-8H2,1-2H3,(H,13,15). The van der Waals surface area contributed by atoms with Gasteiger partial charge in [0, 0.05) is 13.1 Å². The van der Waals surface area contributed by atoms with Gasteiger partial charge in [-0.2, -0.15) is 0 Å². The van der Waals surface area contributed by atoms with E-state index in [0.717, 1.165) is 5.76 Å². The summed E-state index contributed by atoms with van der Waals surface area (Å²) in [5.74, 6) is 0.757. The number of carbonyl (C=O) groups is 1. The van der Waals surface area contributed by atoms with Crippen LogP contribution in [-0.4, -0.2) is 36.2 Å². The quantitative estimate of drug-likeness (QED) is 0.851. The molecule has 2 heterocycles. The van der Waals surface area contributed by atoms with Gasteiger partial charge < -0.3 is 19.4 Å². The summed E-state index contributed by atoms with van der Waals surface area (Å²) in [7, 11) is 0. The fraction of sp³-hybridized carbons (Fsp3) is 0.583. The lowest BCUT2D eigenvalue weighted by molar-refractivity contribution is -0.0545. The molecule has 0 spiro atoms. The molecule has 5 nitrogen and oxygen atoms in total. The second kappa shape index (κ2) is 5.23. The number of ether oxygens (including phenoxy) is 1. The molecule has 2 atom stereocenters. The highest BCUT2D eigenvalue weighted by atomic mass is 16.5. The highest BCUT2D eigenvalue weighted by Gasteiger charge is 2.25. The average Bonchev–Trinajstić information content (AvgIpc) is 2.77. The molecule has 2 unspecified atom stereocenters. The highest BCUT2D eigenvalue weighted by Crippen LogP contribution is 2.10. The molecule has 2 rings (SSSR count). The second-order valence-electron chi connectivity index (χ2n) is 4.40. The summed E-state index contributed by atoms with van der Waals surface area (Å²) in [6.45, 7) is 5.64. The topological polar surface area (TPSA) is 54.7 Å². The number of amides is 2. The molecule has 1 fully saturated rings. The van der Waals surface area contributed by atoms with Crippen molar-refractivity contribution in [2.24, 2.45) is 0 Å². The van der Waals surface area contributed by atoms with Gasteiger partial charge in [0.05, 0.1) is 25.0 Å². The molecule has 94 valence electrons. The molecular formula is C12H18N2O3. The molecule has 1 aromatic rings. The second-order valence-corrected chi connectivity index (χ2v) is 4.40. The summed E-state index contributed by atoms with van der Waals surface area (Å²) in [5, 5.41) is 2.83. The summed E-state index contributed by atoms with van der Waals surface area (Å²) < 4.78 is 10.7. The average molecular weight is 238 g/mol. The summed E-state index contributed by atoms with van der Waals surface area (Å²) in [4.78, 5) is 13.7. The van der Waals surface area contributed by atoms with Gasteiger partial charge in [0.2, 0.25) is 0 Å². The summed E-state index contributed by atoms with van der Waals surface area (Å²) in [6.07, 6.45) is 1.78. The number of nitrogens with one attached hydrogen (secondary N) is 1. The fourth-order valence-electron chi connectivity index (χ4n) is 2.03. The monoisotopic (exact) mass is 238 g/mol. The normalized spacial score (nSPS) is 24.7. The zero-order valence-electron chi connectivity index (χ0n) is 10.2. The third-order valence-corrected chi connectivity index (χ3v) is 2.70. The van der Waals surface area contributed by atoms with Crippen molar-refractivity contribution < 1.29 is 13.9 Å². The first-order chi connectivity index (χ1) is 8.15. The van der Waals surface area contributed by atoms with Crippen LogP contribution in [0.1, 0.15) is 19.6 Å².